The van der Waals surface area contributed by atoms with Gasteiger partial charge in [-0.2, -0.15) is 0 Å². The Labute approximate surface area is 157 Å². The Bertz CT molecular complexity index is 518. The van der Waals surface area contributed by atoms with Gasteiger partial charge in [0.2, 0.25) is 11.8 Å². The third kappa shape index (κ3) is 6.46. The molecule has 6 nitrogen and oxygen atoms in total. The molecule has 8 heteroatoms. The molecular formula is C15H23IN4O2S. The fourth-order valence-electron chi connectivity index (χ4n) is 2.31. The first-order valence-corrected chi connectivity index (χ1v) is 8.39. The molecule has 2 rings (SSSR count). The molecule has 128 valence electrons. The molecule has 1 aliphatic heterocycles. The van der Waals surface area contributed by atoms with Crippen LogP contribution in [-0.4, -0.2) is 49.4 Å². The molecule has 0 radical (unpaired) electrons. The zero-order chi connectivity index (χ0) is 15.8. The van der Waals surface area contributed by atoms with Crippen LogP contribution in [0.15, 0.2) is 22.5 Å². The topological polar surface area (TPSA) is 73.8 Å². The lowest BCUT2D eigenvalue weighted by Gasteiger charge is -2.25. The first-order chi connectivity index (χ1) is 10.7. The second-order valence-electron chi connectivity index (χ2n) is 5.05. The van der Waals surface area contributed by atoms with Crippen molar-refractivity contribution < 1.29 is 9.59 Å². The molecule has 0 aliphatic carbocycles. The van der Waals surface area contributed by atoms with Gasteiger partial charge in [-0.15, -0.1) is 35.3 Å². The molecule has 2 amide bonds. The highest BCUT2D eigenvalue weighted by molar-refractivity contribution is 14.0. The number of rotatable bonds is 6. The lowest BCUT2D eigenvalue weighted by atomic mass is 10.1. The van der Waals surface area contributed by atoms with Crippen molar-refractivity contribution in [2.24, 2.45) is 4.99 Å². The standard InChI is InChI=1S/C15H22N4O2S.HI/c1-16-15(17-8-7-12-4-3-11-22-12)18-9-10-19-13(20)5-2-6-14(19)21;/h3-4,11H,2,5-10H2,1H3,(H2,16,17,18);1H. The van der Waals surface area contributed by atoms with Crippen LogP contribution in [-0.2, 0) is 16.0 Å². The highest BCUT2D eigenvalue weighted by atomic mass is 127. The summed E-state index contributed by atoms with van der Waals surface area (Å²) in [6.45, 7) is 1.70. The number of carbonyl (C=O) groups excluding carboxylic acids is 2. The summed E-state index contributed by atoms with van der Waals surface area (Å²) in [5.41, 5.74) is 0. The van der Waals surface area contributed by atoms with Gasteiger partial charge in [0, 0.05) is 44.4 Å². The summed E-state index contributed by atoms with van der Waals surface area (Å²) in [7, 11) is 1.71. The largest absolute Gasteiger partial charge is 0.356 e. The van der Waals surface area contributed by atoms with E-state index in [-0.39, 0.29) is 35.8 Å². The second kappa shape index (κ2) is 10.6. The molecule has 2 heterocycles. The predicted octanol–water partition coefficient (Wildman–Crippen LogP) is 1.61. The van der Waals surface area contributed by atoms with Gasteiger partial charge in [-0.05, 0) is 24.3 Å². The molecule has 1 aromatic rings. The van der Waals surface area contributed by atoms with Crippen LogP contribution in [0.5, 0.6) is 0 Å². The number of likely N-dealkylation sites (tertiary alicyclic amines) is 1. The van der Waals surface area contributed by atoms with Gasteiger partial charge in [0.1, 0.15) is 0 Å². The summed E-state index contributed by atoms with van der Waals surface area (Å²) in [4.78, 5) is 30.2. The zero-order valence-electron chi connectivity index (χ0n) is 13.2. The maximum absolute atomic E-state index is 11.7. The molecule has 1 fully saturated rings. The van der Waals surface area contributed by atoms with Gasteiger partial charge in [0.15, 0.2) is 5.96 Å². The Balaban J connectivity index is 0.00000264. The molecule has 23 heavy (non-hydrogen) atoms. The molecular weight excluding hydrogens is 427 g/mol. The summed E-state index contributed by atoms with van der Waals surface area (Å²) >= 11 is 1.74. The van der Waals surface area contributed by atoms with Crippen LogP contribution < -0.4 is 10.6 Å². The first kappa shape index (κ1) is 19.9. The SMILES string of the molecule is CN=C(NCCc1cccs1)NCCN1C(=O)CCCC1=O.I. The van der Waals surface area contributed by atoms with Gasteiger partial charge >= 0.3 is 0 Å². The van der Waals surface area contributed by atoms with Crippen molar-refractivity contribution in [3.8, 4) is 0 Å². The molecule has 1 aliphatic rings. The fourth-order valence-corrected chi connectivity index (χ4v) is 3.02. The van der Waals surface area contributed by atoms with Crippen LogP contribution in [0.25, 0.3) is 0 Å². The average molecular weight is 450 g/mol. The van der Waals surface area contributed by atoms with Crippen molar-refractivity contribution in [2.75, 3.05) is 26.7 Å². The minimum absolute atomic E-state index is 0. The Hall–Kier alpha value is -1.16. The lowest BCUT2D eigenvalue weighted by molar-refractivity contribution is -0.147. The van der Waals surface area contributed by atoms with Crippen molar-refractivity contribution in [3.05, 3.63) is 22.4 Å². The maximum Gasteiger partial charge on any atom is 0.229 e. The van der Waals surface area contributed by atoms with Crippen molar-refractivity contribution in [3.63, 3.8) is 0 Å². The molecule has 1 aromatic heterocycles. The molecule has 0 unspecified atom stereocenters. The highest BCUT2D eigenvalue weighted by Crippen LogP contribution is 2.11. The summed E-state index contributed by atoms with van der Waals surface area (Å²) in [5.74, 6) is 0.547. The van der Waals surface area contributed by atoms with Crippen molar-refractivity contribution in [2.45, 2.75) is 25.7 Å². The fraction of sp³-hybridized carbons (Fsp3) is 0.533. The van der Waals surface area contributed by atoms with Crippen LogP contribution in [0.4, 0.5) is 0 Å². The van der Waals surface area contributed by atoms with Crippen LogP contribution in [0.2, 0.25) is 0 Å². The molecule has 0 bridgehead atoms. The number of imide groups is 1. The molecule has 1 saturated heterocycles. The van der Waals surface area contributed by atoms with E-state index < -0.39 is 0 Å². The summed E-state index contributed by atoms with van der Waals surface area (Å²) in [5, 5.41) is 8.42. The van der Waals surface area contributed by atoms with Gasteiger partial charge in [0.25, 0.3) is 0 Å². The van der Waals surface area contributed by atoms with Gasteiger partial charge in [-0.3, -0.25) is 19.5 Å². The van der Waals surface area contributed by atoms with Gasteiger partial charge in [0.05, 0.1) is 0 Å². The van der Waals surface area contributed by atoms with E-state index in [0.717, 1.165) is 13.0 Å². The third-order valence-corrected chi connectivity index (χ3v) is 4.41. The first-order valence-electron chi connectivity index (χ1n) is 7.51. The second-order valence-corrected chi connectivity index (χ2v) is 6.08. The van der Waals surface area contributed by atoms with E-state index in [2.05, 4.69) is 27.1 Å². The maximum atomic E-state index is 11.7. The number of halogens is 1. The lowest BCUT2D eigenvalue weighted by Crippen LogP contribution is -2.46. The number of thiophene rings is 1. The number of hydrogen-bond acceptors (Lipinski definition) is 4. The average Bonchev–Trinajstić information content (AvgIpc) is 3.01. The predicted molar refractivity (Wildman–Crippen MR) is 103 cm³/mol. The summed E-state index contributed by atoms with van der Waals surface area (Å²) in [6, 6.07) is 4.15. The number of hydrogen-bond donors (Lipinski definition) is 2. The molecule has 0 spiro atoms. The van der Waals surface area contributed by atoms with Crippen LogP contribution >= 0.6 is 35.3 Å². The molecule has 2 N–H and O–H groups in total. The Morgan fingerprint density at radius 3 is 2.57 bits per heavy atom. The molecule has 0 atom stereocenters. The van der Waals surface area contributed by atoms with E-state index in [1.807, 2.05) is 6.07 Å². The van der Waals surface area contributed by atoms with E-state index in [4.69, 9.17) is 0 Å². The van der Waals surface area contributed by atoms with Crippen LogP contribution in [0, 0.1) is 0 Å². The Morgan fingerprint density at radius 2 is 1.96 bits per heavy atom. The van der Waals surface area contributed by atoms with E-state index in [1.165, 1.54) is 9.78 Å². The Kier molecular flexibility index (Phi) is 9.15. The van der Waals surface area contributed by atoms with Crippen molar-refractivity contribution in [1.82, 2.24) is 15.5 Å². The van der Waals surface area contributed by atoms with Gasteiger partial charge < -0.3 is 10.6 Å². The normalized spacial score (nSPS) is 15.3. The summed E-state index contributed by atoms with van der Waals surface area (Å²) in [6.07, 6.45) is 2.56. The highest BCUT2D eigenvalue weighted by Gasteiger charge is 2.25. The van der Waals surface area contributed by atoms with E-state index >= 15 is 0 Å². The summed E-state index contributed by atoms with van der Waals surface area (Å²) < 4.78 is 0. The van der Waals surface area contributed by atoms with Crippen molar-refractivity contribution in [1.29, 1.82) is 0 Å². The number of nitrogens with zero attached hydrogens (tertiary/aromatic N) is 2. The van der Waals surface area contributed by atoms with Crippen LogP contribution in [0.3, 0.4) is 0 Å². The third-order valence-electron chi connectivity index (χ3n) is 3.48. The number of guanidine groups is 1. The van der Waals surface area contributed by atoms with E-state index in [9.17, 15) is 9.59 Å². The van der Waals surface area contributed by atoms with E-state index in [1.54, 1.807) is 18.4 Å². The number of carbonyl (C=O) groups is 2. The molecule has 0 aromatic carbocycles. The monoisotopic (exact) mass is 450 g/mol. The number of piperidine rings is 1. The zero-order valence-corrected chi connectivity index (χ0v) is 16.4. The quantitative estimate of drug-likeness (QED) is 0.299. The van der Waals surface area contributed by atoms with Crippen LogP contribution in [0.1, 0.15) is 24.1 Å². The number of amides is 2. The smallest absolute Gasteiger partial charge is 0.229 e. The van der Waals surface area contributed by atoms with E-state index in [0.29, 0.717) is 38.3 Å². The Morgan fingerprint density at radius 1 is 1.26 bits per heavy atom. The van der Waals surface area contributed by atoms with Gasteiger partial charge in [-0.25, -0.2) is 0 Å². The van der Waals surface area contributed by atoms with Gasteiger partial charge in [-0.1, -0.05) is 6.07 Å². The molecule has 0 saturated carbocycles. The number of nitrogens with one attached hydrogen (secondary N) is 2. The minimum Gasteiger partial charge on any atom is -0.356 e. The minimum atomic E-state index is -0.0707. The van der Waals surface area contributed by atoms with Crippen molar-refractivity contribution >= 4 is 53.1 Å². The number of aliphatic imine (C=N–C) groups is 1.